The van der Waals surface area contributed by atoms with Gasteiger partial charge in [0.1, 0.15) is 6.54 Å². The molecular weight excluding hydrogens is 394 g/mol. The Balaban J connectivity index is 1.71. The molecule has 1 aliphatic rings. The Labute approximate surface area is 181 Å². The van der Waals surface area contributed by atoms with Gasteiger partial charge in [0.25, 0.3) is 5.56 Å². The lowest BCUT2D eigenvalue weighted by Gasteiger charge is -2.16. The van der Waals surface area contributed by atoms with Gasteiger partial charge in [0.2, 0.25) is 11.7 Å². The van der Waals surface area contributed by atoms with Crippen LogP contribution in [0, 0.1) is 6.92 Å². The molecule has 1 N–H and O–H groups in total. The van der Waals surface area contributed by atoms with Crippen molar-refractivity contribution in [3.8, 4) is 11.4 Å². The maximum absolute atomic E-state index is 13.2. The molecule has 8 heteroatoms. The van der Waals surface area contributed by atoms with Crippen LogP contribution in [0.3, 0.4) is 0 Å². The van der Waals surface area contributed by atoms with Crippen molar-refractivity contribution < 1.29 is 9.53 Å². The van der Waals surface area contributed by atoms with Gasteiger partial charge in [0.15, 0.2) is 5.82 Å². The SMILES string of the molecule is CCCCc1c(C)n(CC(=O)NC[C@@H]2CCCO2)c2nc(-c3ccccc3)nn2c1=O. The molecular formula is C23H29N5O3. The van der Waals surface area contributed by atoms with Gasteiger partial charge in [-0.05, 0) is 32.6 Å². The summed E-state index contributed by atoms with van der Waals surface area (Å²) in [5.74, 6) is 0.724. The lowest BCUT2D eigenvalue weighted by Crippen LogP contribution is -2.36. The first kappa shape index (κ1) is 21.2. The van der Waals surface area contributed by atoms with Crippen LogP contribution in [0.1, 0.15) is 43.9 Å². The highest BCUT2D eigenvalue weighted by Gasteiger charge is 2.21. The highest BCUT2D eigenvalue weighted by atomic mass is 16.5. The van der Waals surface area contributed by atoms with E-state index < -0.39 is 0 Å². The molecule has 1 aliphatic heterocycles. The zero-order chi connectivity index (χ0) is 21.8. The molecule has 0 spiro atoms. The number of nitrogens with zero attached hydrogens (tertiary/aromatic N) is 4. The number of hydrogen-bond donors (Lipinski definition) is 1. The van der Waals surface area contributed by atoms with Crippen LogP contribution in [-0.4, -0.2) is 44.3 Å². The van der Waals surface area contributed by atoms with Crippen LogP contribution >= 0.6 is 0 Å². The van der Waals surface area contributed by atoms with Crippen LogP contribution in [0.2, 0.25) is 0 Å². The Kier molecular flexibility index (Phi) is 6.46. The topological polar surface area (TPSA) is 90.5 Å². The number of amides is 1. The molecule has 31 heavy (non-hydrogen) atoms. The summed E-state index contributed by atoms with van der Waals surface area (Å²) in [5.41, 5.74) is 2.12. The van der Waals surface area contributed by atoms with Crippen LogP contribution in [0.15, 0.2) is 35.1 Å². The molecule has 2 aromatic heterocycles. The molecule has 1 saturated heterocycles. The van der Waals surface area contributed by atoms with E-state index in [1.807, 2.05) is 37.3 Å². The van der Waals surface area contributed by atoms with E-state index in [1.54, 1.807) is 4.57 Å². The van der Waals surface area contributed by atoms with Crippen molar-refractivity contribution in [2.45, 2.75) is 58.6 Å². The Morgan fingerprint density at radius 1 is 1.29 bits per heavy atom. The van der Waals surface area contributed by atoms with Crippen molar-refractivity contribution >= 4 is 11.7 Å². The van der Waals surface area contributed by atoms with Gasteiger partial charge in [-0.2, -0.15) is 9.50 Å². The van der Waals surface area contributed by atoms with Gasteiger partial charge >= 0.3 is 0 Å². The van der Waals surface area contributed by atoms with Crippen LogP contribution < -0.4 is 10.9 Å². The molecule has 3 heterocycles. The van der Waals surface area contributed by atoms with Gasteiger partial charge < -0.3 is 14.6 Å². The Bertz CT molecular complexity index is 1110. The van der Waals surface area contributed by atoms with Crippen molar-refractivity contribution in [1.29, 1.82) is 0 Å². The summed E-state index contributed by atoms with van der Waals surface area (Å²) < 4.78 is 8.73. The van der Waals surface area contributed by atoms with E-state index >= 15 is 0 Å². The molecule has 0 bridgehead atoms. The van der Waals surface area contributed by atoms with E-state index in [9.17, 15) is 9.59 Å². The minimum Gasteiger partial charge on any atom is -0.376 e. The Hall–Kier alpha value is -3.00. The van der Waals surface area contributed by atoms with Crippen molar-refractivity contribution in [3.05, 3.63) is 51.9 Å². The number of ether oxygens (including phenoxy) is 1. The molecule has 0 radical (unpaired) electrons. The molecule has 3 aromatic rings. The molecule has 1 aromatic carbocycles. The van der Waals surface area contributed by atoms with Gasteiger partial charge in [-0.15, -0.1) is 5.10 Å². The standard InChI is InChI=1S/C23H29N5O3/c1-3-4-12-19-16(2)27(15-20(29)24-14-18-11-8-13-31-18)23-25-21(26-28(23)22(19)30)17-9-6-5-7-10-17/h5-7,9-10,18H,3-4,8,11-15H2,1-2H3,(H,24,29)/t18-/m0/s1. The van der Waals surface area contributed by atoms with Gasteiger partial charge in [0.05, 0.1) is 6.10 Å². The fourth-order valence-electron chi connectivity index (χ4n) is 3.98. The quantitative estimate of drug-likeness (QED) is 0.601. The van der Waals surface area contributed by atoms with Gasteiger partial charge in [-0.25, -0.2) is 0 Å². The maximum atomic E-state index is 13.2. The summed E-state index contributed by atoms with van der Waals surface area (Å²) in [6, 6.07) is 9.54. The second-order valence-electron chi connectivity index (χ2n) is 8.01. The van der Waals surface area contributed by atoms with E-state index in [-0.39, 0.29) is 24.1 Å². The average molecular weight is 424 g/mol. The smallest absolute Gasteiger partial charge is 0.279 e. The summed E-state index contributed by atoms with van der Waals surface area (Å²) in [7, 11) is 0. The first-order chi connectivity index (χ1) is 15.1. The largest absolute Gasteiger partial charge is 0.376 e. The molecule has 1 amide bonds. The first-order valence-electron chi connectivity index (χ1n) is 11.0. The third-order valence-electron chi connectivity index (χ3n) is 5.79. The fraction of sp³-hybridized carbons (Fsp3) is 0.478. The highest BCUT2D eigenvalue weighted by Crippen LogP contribution is 2.17. The van der Waals surface area contributed by atoms with Crippen molar-refractivity contribution in [2.75, 3.05) is 13.2 Å². The number of fused-ring (bicyclic) bond motifs is 1. The number of carbonyl (C=O) groups is 1. The number of unbranched alkanes of at least 4 members (excludes halogenated alkanes) is 1. The number of hydrogen-bond acceptors (Lipinski definition) is 5. The predicted octanol–water partition coefficient (Wildman–Crippen LogP) is 2.50. The van der Waals surface area contributed by atoms with Gasteiger partial charge in [0, 0.05) is 30.0 Å². The predicted molar refractivity (Wildman–Crippen MR) is 118 cm³/mol. The summed E-state index contributed by atoms with van der Waals surface area (Å²) in [4.78, 5) is 30.5. The molecule has 4 rings (SSSR count). The number of aromatic nitrogens is 4. The molecule has 8 nitrogen and oxygen atoms in total. The van der Waals surface area contributed by atoms with Crippen molar-refractivity contribution in [2.24, 2.45) is 0 Å². The average Bonchev–Trinajstić information content (AvgIpc) is 3.46. The maximum Gasteiger partial charge on any atom is 0.279 e. The first-order valence-corrected chi connectivity index (χ1v) is 11.0. The molecule has 0 aliphatic carbocycles. The fourth-order valence-corrected chi connectivity index (χ4v) is 3.98. The van der Waals surface area contributed by atoms with Gasteiger partial charge in [-0.3, -0.25) is 9.59 Å². The lowest BCUT2D eigenvalue weighted by atomic mass is 10.1. The third kappa shape index (κ3) is 4.54. The minimum absolute atomic E-state index is 0.0778. The van der Waals surface area contributed by atoms with E-state index in [4.69, 9.17) is 4.74 Å². The third-order valence-corrected chi connectivity index (χ3v) is 5.79. The van der Waals surface area contributed by atoms with Crippen molar-refractivity contribution in [1.82, 2.24) is 24.5 Å². The monoisotopic (exact) mass is 423 g/mol. The zero-order valence-electron chi connectivity index (χ0n) is 18.1. The van der Waals surface area contributed by atoms with E-state index in [0.717, 1.165) is 43.5 Å². The summed E-state index contributed by atoms with van der Waals surface area (Å²) in [5, 5.41) is 7.45. The van der Waals surface area contributed by atoms with Gasteiger partial charge in [-0.1, -0.05) is 43.7 Å². The van der Waals surface area contributed by atoms with E-state index in [1.165, 1.54) is 4.52 Å². The van der Waals surface area contributed by atoms with Crippen LogP contribution in [0.25, 0.3) is 17.2 Å². The van der Waals surface area contributed by atoms with Crippen LogP contribution in [0.4, 0.5) is 0 Å². The molecule has 0 unspecified atom stereocenters. The molecule has 0 saturated carbocycles. The Morgan fingerprint density at radius 3 is 2.81 bits per heavy atom. The lowest BCUT2D eigenvalue weighted by molar-refractivity contribution is -0.122. The summed E-state index contributed by atoms with van der Waals surface area (Å²) in [6.07, 6.45) is 4.60. The number of benzene rings is 1. The van der Waals surface area contributed by atoms with E-state index in [0.29, 0.717) is 30.1 Å². The van der Waals surface area contributed by atoms with Crippen LogP contribution in [0.5, 0.6) is 0 Å². The summed E-state index contributed by atoms with van der Waals surface area (Å²) in [6.45, 7) is 5.31. The zero-order valence-corrected chi connectivity index (χ0v) is 18.1. The molecule has 164 valence electrons. The number of rotatable bonds is 8. The highest BCUT2D eigenvalue weighted by molar-refractivity contribution is 5.76. The number of nitrogens with one attached hydrogen (secondary N) is 1. The van der Waals surface area contributed by atoms with Crippen LogP contribution in [-0.2, 0) is 22.5 Å². The van der Waals surface area contributed by atoms with Crippen molar-refractivity contribution in [3.63, 3.8) is 0 Å². The van der Waals surface area contributed by atoms with E-state index in [2.05, 4.69) is 22.3 Å². The Morgan fingerprint density at radius 2 is 2.10 bits per heavy atom. The minimum atomic E-state index is -0.161. The molecule has 1 atom stereocenters. The second kappa shape index (κ2) is 9.43. The second-order valence-corrected chi connectivity index (χ2v) is 8.01. The summed E-state index contributed by atoms with van der Waals surface area (Å²) >= 11 is 0. The molecule has 1 fully saturated rings. The normalized spacial score (nSPS) is 16.1. The number of carbonyl (C=O) groups excluding carboxylic acids is 1.